The van der Waals surface area contributed by atoms with E-state index in [1.807, 2.05) is 0 Å². The molecule has 7 heteroatoms. The summed E-state index contributed by atoms with van der Waals surface area (Å²) in [7, 11) is 1.80. The lowest BCUT2D eigenvalue weighted by atomic mass is 9.73. The fourth-order valence-electron chi connectivity index (χ4n) is 6.42. The second-order valence-corrected chi connectivity index (χ2v) is 9.63. The maximum absolute atomic E-state index is 13.4. The number of aromatic nitrogens is 4. The highest BCUT2D eigenvalue weighted by Crippen LogP contribution is 2.57. The summed E-state index contributed by atoms with van der Waals surface area (Å²) in [4.78, 5) is 19.5. The number of aryl methyl sites for hydroxylation is 1. The number of hydrogen-bond donors (Lipinski definition) is 0. The predicted octanol–water partition coefficient (Wildman–Crippen LogP) is 1.46. The van der Waals surface area contributed by atoms with Crippen molar-refractivity contribution in [3.8, 4) is 0 Å². The summed E-state index contributed by atoms with van der Waals surface area (Å²) in [5.74, 6) is 2.70. The van der Waals surface area contributed by atoms with E-state index >= 15 is 0 Å². The summed E-state index contributed by atoms with van der Waals surface area (Å²) in [6.45, 7) is 7.04. The number of hydrogen-bond acceptors (Lipinski definition) is 5. The zero-order valence-corrected chi connectivity index (χ0v) is 16.0. The molecule has 2 aliphatic heterocycles. The maximum Gasteiger partial charge on any atom is 0.228 e. The Morgan fingerprint density at radius 2 is 2.08 bits per heavy atom. The SMILES string of the molecule is Cn1nnc(CN2CCC3(CCN(C(=O)C4(C)CC5CCC4C5)C3)C2)n1. The van der Waals surface area contributed by atoms with Gasteiger partial charge in [-0.3, -0.25) is 9.69 Å². The molecule has 4 fully saturated rings. The van der Waals surface area contributed by atoms with E-state index < -0.39 is 0 Å². The molecule has 26 heavy (non-hydrogen) atoms. The summed E-state index contributed by atoms with van der Waals surface area (Å²) in [6, 6.07) is 0. The molecule has 3 heterocycles. The number of carbonyl (C=O) groups excluding carboxylic acids is 1. The average molecular weight is 358 g/mol. The maximum atomic E-state index is 13.4. The van der Waals surface area contributed by atoms with Gasteiger partial charge in [0.25, 0.3) is 0 Å². The minimum Gasteiger partial charge on any atom is -0.342 e. The lowest BCUT2D eigenvalue weighted by molar-refractivity contribution is -0.143. The van der Waals surface area contributed by atoms with Gasteiger partial charge in [0.1, 0.15) is 0 Å². The first-order valence-corrected chi connectivity index (χ1v) is 10.2. The molecule has 2 bridgehead atoms. The van der Waals surface area contributed by atoms with E-state index in [0.29, 0.717) is 11.8 Å². The lowest BCUT2D eigenvalue weighted by Gasteiger charge is -2.36. The van der Waals surface area contributed by atoms with E-state index in [1.165, 1.54) is 30.5 Å². The molecule has 2 saturated heterocycles. The molecule has 1 spiro atoms. The van der Waals surface area contributed by atoms with Gasteiger partial charge in [0.2, 0.25) is 5.91 Å². The molecule has 4 atom stereocenters. The van der Waals surface area contributed by atoms with Gasteiger partial charge in [-0.2, -0.15) is 4.80 Å². The Morgan fingerprint density at radius 3 is 2.77 bits per heavy atom. The van der Waals surface area contributed by atoms with E-state index in [2.05, 4.69) is 32.1 Å². The first kappa shape index (κ1) is 16.7. The Kier molecular flexibility index (Phi) is 3.68. The van der Waals surface area contributed by atoms with Crippen LogP contribution in [0, 0.1) is 22.7 Å². The topological polar surface area (TPSA) is 67.2 Å². The molecular formula is C19H30N6O. The third-order valence-electron chi connectivity index (χ3n) is 7.80. The van der Waals surface area contributed by atoms with Gasteiger partial charge >= 0.3 is 0 Å². The molecule has 142 valence electrons. The number of nitrogens with zero attached hydrogens (tertiary/aromatic N) is 6. The van der Waals surface area contributed by atoms with Crippen molar-refractivity contribution in [2.75, 3.05) is 26.2 Å². The molecule has 1 aromatic heterocycles. The molecule has 5 rings (SSSR count). The van der Waals surface area contributed by atoms with Crippen LogP contribution in [0.3, 0.4) is 0 Å². The Morgan fingerprint density at radius 1 is 1.23 bits per heavy atom. The Bertz CT molecular complexity index is 719. The van der Waals surface area contributed by atoms with Crippen LogP contribution in [0.2, 0.25) is 0 Å². The molecule has 4 unspecified atom stereocenters. The average Bonchev–Trinajstić information content (AvgIpc) is 3.40. The van der Waals surface area contributed by atoms with Crippen molar-refractivity contribution in [1.82, 2.24) is 30.0 Å². The smallest absolute Gasteiger partial charge is 0.228 e. The largest absolute Gasteiger partial charge is 0.342 e. The van der Waals surface area contributed by atoms with Crippen LogP contribution in [0.5, 0.6) is 0 Å². The highest BCUT2D eigenvalue weighted by molar-refractivity contribution is 5.83. The monoisotopic (exact) mass is 358 g/mol. The summed E-state index contributed by atoms with van der Waals surface area (Å²) >= 11 is 0. The Labute approximate surface area is 155 Å². The molecule has 2 saturated carbocycles. The van der Waals surface area contributed by atoms with Crippen LogP contribution in [-0.2, 0) is 18.4 Å². The van der Waals surface area contributed by atoms with Gasteiger partial charge in [-0.15, -0.1) is 10.2 Å². The molecule has 1 aromatic rings. The standard InChI is InChI=1S/C19H30N6O/c1-18(10-14-3-4-15(18)9-14)17(26)25-8-6-19(13-25)5-7-24(12-19)11-16-20-22-23(2)21-16/h14-15H,3-13H2,1-2H3. The van der Waals surface area contributed by atoms with Gasteiger partial charge in [0, 0.05) is 30.5 Å². The molecule has 2 aliphatic carbocycles. The summed E-state index contributed by atoms with van der Waals surface area (Å²) in [5, 5.41) is 12.3. The number of rotatable bonds is 3. The molecule has 0 aromatic carbocycles. The van der Waals surface area contributed by atoms with Gasteiger partial charge in [0.15, 0.2) is 5.82 Å². The Hall–Kier alpha value is -1.50. The number of likely N-dealkylation sites (tertiary alicyclic amines) is 2. The number of amides is 1. The van der Waals surface area contributed by atoms with E-state index in [0.717, 1.165) is 57.3 Å². The van der Waals surface area contributed by atoms with Crippen LogP contribution in [-0.4, -0.2) is 62.1 Å². The van der Waals surface area contributed by atoms with E-state index in [4.69, 9.17) is 0 Å². The Balaban J connectivity index is 1.22. The minimum atomic E-state index is -0.0731. The van der Waals surface area contributed by atoms with Crippen LogP contribution < -0.4 is 0 Å². The predicted molar refractivity (Wildman–Crippen MR) is 95.9 cm³/mol. The van der Waals surface area contributed by atoms with Crippen LogP contribution in [0.15, 0.2) is 0 Å². The number of carbonyl (C=O) groups is 1. The van der Waals surface area contributed by atoms with Crippen molar-refractivity contribution < 1.29 is 4.79 Å². The summed E-state index contributed by atoms with van der Waals surface area (Å²) in [6.07, 6.45) is 7.37. The zero-order valence-electron chi connectivity index (χ0n) is 16.0. The quantitative estimate of drug-likeness (QED) is 0.818. The first-order valence-electron chi connectivity index (χ1n) is 10.2. The van der Waals surface area contributed by atoms with Crippen molar-refractivity contribution >= 4 is 5.91 Å². The van der Waals surface area contributed by atoms with Gasteiger partial charge in [-0.05, 0) is 55.7 Å². The first-order chi connectivity index (χ1) is 12.5. The molecule has 1 amide bonds. The van der Waals surface area contributed by atoms with Crippen LogP contribution in [0.25, 0.3) is 0 Å². The van der Waals surface area contributed by atoms with Gasteiger partial charge in [-0.1, -0.05) is 13.3 Å². The second kappa shape index (κ2) is 5.75. The van der Waals surface area contributed by atoms with E-state index in [1.54, 1.807) is 7.05 Å². The third-order valence-corrected chi connectivity index (χ3v) is 7.80. The molecule has 4 aliphatic rings. The van der Waals surface area contributed by atoms with Crippen molar-refractivity contribution in [1.29, 1.82) is 0 Å². The van der Waals surface area contributed by atoms with Crippen molar-refractivity contribution in [3.05, 3.63) is 5.82 Å². The molecule has 0 radical (unpaired) electrons. The minimum absolute atomic E-state index is 0.0731. The highest BCUT2D eigenvalue weighted by atomic mass is 16.2. The molecule has 7 nitrogen and oxygen atoms in total. The highest BCUT2D eigenvalue weighted by Gasteiger charge is 2.55. The van der Waals surface area contributed by atoms with E-state index in [9.17, 15) is 4.79 Å². The van der Waals surface area contributed by atoms with E-state index in [-0.39, 0.29) is 10.8 Å². The number of tetrazole rings is 1. The number of fused-ring (bicyclic) bond motifs is 2. The van der Waals surface area contributed by atoms with Crippen molar-refractivity contribution in [2.24, 2.45) is 29.7 Å². The molecular weight excluding hydrogens is 328 g/mol. The van der Waals surface area contributed by atoms with Gasteiger partial charge in [0.05, 0.1) is 13.6 Å². The third kappa shape index (κ3) is 2.58. The van der Waals surface area contributed by atoms with Gasteiger partial charge < -0.3 is 4.90 Å². The fourth-order valence-corrected chi connectivity index (χ4v) is 6.42. The van der Waals surface area contributed by atoms with Gasteiger partial charge in [-0.25, -0.2) is 0 Å². The van der Waals surface area contributed by atoms with Crippen LogP contribution in [0.4, 0.5) is 0 Å². The summed E-state index contributed by atoms with van der Waals surface area (Å²) < 4.78 is 0. The van der Waals surface area contributed by atoms with Crippen LogP contribution >= 0.6 is 0 Å². The van der Waals surface area contributed by atoms with Crippen LogP contribution in [0.1, 0.15) is 51.3 Å². The van der Waals surface area contributed by atoms with Crippen molar-refractivity contribution in [3.63, 3.8) is 0 Å². The zero-order chi connectivity index (χ0) is 17.9. The normalized spacial score (nSPS) is 39.5. The second-order valence-electron chi connectivity index (χ2n) is 9.63. The lowest BCUT2D eigenvalue weighted by Crippen LogP contribution is -2.45. The van der Waals surface area contributed by atoms with Crippen molar-refractivity contribution in [2.45, 2.75) is 52.0 Å². The summed E-state index contributed by atoms with van der Waals surface area (Å²) in [5.41, 5.74) is 0.210. The molecule has 0 N–H and O–H groups in total. The fraction of sp³-hybridized carbons (Fsp3) is 0.895.